The number of nitrogens with zero attached hydrogens (tertiary/aromatic N) is 2. The Morgan fingerprint density at radius 2 is 2.15 bits per heavy atom. The number of aromatic nitrogens is 2. The Morgan fingerprint density at radius 1 is 1.45 bits per heavy atom. The van der Waals surface area contributed by atoms with Crippen molar-refractivity contribution in [1.82, 2.24) is 9.78 Å². The fourth-order valence-corrected chi connectivity index (χ4v) is 3.04. The molecule has 1 aromatic heterocycles. The van der Waals surface area contributed by atoms with Gasteiger partial charge in [-0.05, 0) is 44.9 Å². The first-order valence-electron chi connectivity index (χ1n) is 7.82. The Balaban J connectivity index is 2.17. The van der Waals surface area contributed by atoms with Gasteiger partial charge in [0.05, 0.1) is 11.8 Å². The molecule has 0 bridgehead atoms. The van der Waals surface area contributed by atoms with Crippen LogP contribution in [0.15, 0.2) is 12.4 Å². The highest BCUT2D eigenvalue weighted by Crippen LogP contribution is 2.37. The van der Waals surface area contributed by atoms with Gasteiger partial charge in [-0.2, -0.15) is 5.10 Å². The van der Waals surface area contributed by atoms with Crippen LogP contribution in [0.2, 0.25) is 0 Å². The first kappa shape index (κ1) is 15.2. The molecule has 112 valence electrons. The number of ether oxygens (including phenoxy) is 1. The number of Topliss-reactive ketones (excluding diaryl/α,β-unsaturated/α-hetero) is 1. The van der Waals surface area contributed by atoms with E-state index in [9.17, 15) is 4.79 Å². The molecule has 0 atom stereocenters. The van der Waals surface area contributed by atoms with Crippen LogP contribution >= 0.6 is 0 Å². The standard InChI is InChI=1S/C16H26N2O2/c1-4-10-18-12-14(11-17-18)15(19)16(20-5-2)8-6-13(3)7-9-16/h11-13H,4-10H2,1-3H3. The predicted octanol–water partition coefficient (Wildman–Crippen LogP) is 3.46. The van der Waals surface area contributed by atoms with E-state index >= 15 is 0 Å². The van der Waals surface area contributed by atoms with E-state index in [-0.39, 0.29) is 5.78 Å². The average Bonchev–Trinajstić information content (AvgIpc) is 2.90. The smallest absolute Gasteiger partial charge is 0.197 e. The highest BCUT2D eigenvalue weighted by atomic mass is 16.5. The summed E-state index contributed by atoms with van der Waals surface area (Å²) < 4.78 is 7.76. The first-order valence-corrected chi connectivity index (χ1v) is 7.82. The van der Waals surface area contributed by atoms with E-state index in [0.717, 1.165) is 38.6 Å². The van der Waals surface area contributed by atoms with Crippen molar-refractivity contribution in [3.63, 3.8) is 0 Å². The summed E-state index contributed by atoms with van der Waals surface area (Å²) in [7, 11) is 0. The monoisotopic (exact) mass is 278 g/mol. The molecule has 1 aliphatic carbocycles. The average molecular weight is 278 g/mol. The number of aryl methyl sites for hydroxylation is 1. The van der Waals surface area contributed by atoms with Gasteiger partial charge in [-0.25, -0.2) is 0 Å². The summed E-state index contributed by atoms with van der Waals surface area (Å²) in [4.78, 5) is 12.9. The third-order valence-electron chi connectivity index (χ3n) is 4.26. The Kier molecular flexibility index (Phi) is 4.97. The summed E-state index contributed by atoms with van der Waals surface area (Å²) >= 11 is 0. The normalized spacial score (nSPS) is 26.6. The zero-order chi connectivity index (χ0) is 14.6. The molecule has 0 saturated heterocycles. The summed E-state index contributed by atoms with van der Waals surface area (Å²) in [6.45, 7) is 7.76. The molecule has 4 heteroatoms. The maximum atomic E-state index is 12.9. The minimum absolute atomic E-state index is 0.119. The van der Waals surface area contributed by atoms with E-state index in [2.05, 4.69) is 18.9 Å². The predicted molar refractivity (Wildman–Crippen MR) is 78.8 cm³/mol. The molecular weight excluding hydrogens is 252 g/mol. The van der Waals surface area contributed by atoms with Crippen molar-refractivity contribution in [2.45, 2.75) is 65.0 Å². The number of carbonyl (C=O) groups is 1. The molecule has 0 radical (unpaired) electrons. The van der Waals surface area contributed by atoms with Crippen LogP contribution in [-0.2, 0) is 11.3 Å². The minimum atomic E-state index is -0.610. The molecule has 0 aromatic carbocycles. The Labute approximate surface area is 121 Å². The molecule has 0 spiro atoms. The van der Waals surface area contributed by atoms with Crippen molar-refractivity contribution >= 4 is 5.78 Å². The van der Waals surface area contributed by atoms with Crippen LogP contribution in [0, 0.1) is 5.92 Å². The van der Waals surface area contributed by atoms with E-state index in [1.165, 1.54) is 0 Å². The van der Waals surface area contributed by atoms with Crippen molar-refractivity contribution < 1.29 is 9.53 Å². The topological polar surface area (TPSA) is 44.1 Å². The van der Waals surface area contributed by atoms with Crippen LogP contribution in [0.3, 0.4) is 0 Å². The Hall–Kier alpha value is -1.16. The number of hydrogen-bond acceptors (Lipinski definition) is 3. The Bertz CT molecular complexity index is 445. The van der Waals surface area contributed by atoms with Crippen molar-refractivity contribution in [3.8, 4) is 0 Å². The van der Waals surface area contributed by atoms with Crippen molar-refractivity contribution in [2.75, 3.05) is 6.61 Å². The summed E-state index contributed by atoms with van der Waals surface area (Å²) in [5, 5.41) is 4.27. The molecule has 0 unspecified atom stereocenters. The summed E-state index contributed by atoms with van der Waals surface area (Å²) in [6, 6.07) is 0. The molecule has 0 N–H and O–H groups in total. The van der Waals surface area contributed by atoms with Gasteiger partial charge in [0.2, 0.25) is 0 Å². The number of hydrogen-bond donors (Lipinski definition) is 0. The third kappa shape index (κ3) is 3.11. The molecule has 0 amide bonds. The van der Waals surface area contributed by atoms with Gasteiger partial charge in [0.25, 0.3) is 0 Å². The minimum Gasteiger partial charge on any atom is -0.367 e. The second-order valence-electron chi connectivity index (χ2n) is 5.93. The molecule has 1 aromatic rings. The van der Waals surface area contributed by atoms with Crippen LogP contribution < -0.4 is 0 Å². The molecule has 20 heavy (non-hydrogen) atoms. The highest BCUT2D eigenvalue weighted by molar-refractivity contribution is 6.02. The third-order valence-corrected chi connectivity index (χ3v) is 4.26. The first-order chi connectivity index (χ1) is 9.61. The van der Waals surface area contributed by atoms with Crippen LogP contribution in [0.1, 0.15) is 63.2 Å². The lowest BCUT2D eigenvalue weighted by Gasteiger charge is -2.37. The Morgan fingerprint density at radius 3 is 2.75 bits per heavy atom. The largest absolute Gasteiger partial charge is 0.367 e. The molecule has 1 aliphatic rings. The summed E-state index contributed by atoms with van der Waals surface area (Å²) in [5.74, 6) is 0.813. The summed E-state index contributed by atoms with van der Waals surface area (Å²) in [5.41, 5.74) is 0.0860. The number of ketones is 1. The molecule has 2 rings (SSSR count). The van der Waals surface area contributed by atoms with Crippen molar-refractivity contribution in [1.29, 1.82) is 0 Å². The summed E-state index contributed by atoms with van der Waals surface area (Å²) in [6.07, 6.45) is 8.37. The van der Waals surface area contributed by atoms with E-state index in [0.29, 0.717) is 18.1 Å². The zero-order valence-corrected chi connectivity index (χ0v) is 12.9. The quantitative estimate of drug-likeness (QED) is 0.748. The van der Waals surface area contributed by atoms with Gasteiger partial charge in [-0.15, -0.1) is 0 Å². The maximum Gasteiger partial charge on any atom is 0.197 e. The van der Waals surface area contributed by atoms with Gasteiger partial charge in [-0.1, -0.05) is 13.8 Å². The van der Waals surface area contributed by atoms with E-state index in [4.69, 9.17) is 4.74 Å². The molecule has 1 fully saturated rings. The van der Waals surface area contributed by atoms with Crippen molar-refractivity contribution in [3.05, 3.63) is 18.0 Å². The van der Waals surface area contributed by atoms with Gasteiger partial charge in [0.15, 0.2) is 5.78 Å². The van der Waals surface area contributed by atoms with Gasteiger partial charge in [0.1, 0.15) is 5.60 Å². The van der Waals surface area contributed by atoms with Crippen LogP contribution in [0.4, 0.5) is 0 Å². The second-order valence-corrected chi connectivity index (χ2v) is 5.93. The van der Waals surface area contributed by atoms with Gasteiger partial charge in [-0.3, -0.25) is 9.48 Å². The lowest BCUT2D eigenvalue weighted by molar-refractivity contribution is -0.0474. The van der Waals surface area contributed by atoms with E-state index < -0.39 is 5.60 Å². The van der Waals surface area contributed by atoms with Gasteiger partial charge < -0.3 is 4.74 Å². The molecule has 4 nitrogen and oxygen atoms in total. The van der Waals surface area contributed by atoms with Crippen molar-refractivity contribution in [2.24, 2.45) is 5.92 Å². The highest BCUT2D eigenvalue weighted by Gasteiger charge is 2.42. The SMILES string of the molecule is CCCn1cc(C(=O)C2(OCC)CCC(C)CC2)cn1. The van der Waals surface area contributed by atoms with Gasteiger partial charge in [0, 0.05) is 19.3 Å². The maximum absolute atomic E-state index is 12.9. The number of rotatable bonds is 6. The number of carbonyl (C=O) groups excluding carboxylic acids is 1. The molecular formula is C16H26N2O2. The zero-order valence-electron chi connectivity index (χ0n) is 12.9. The lowest BCUT2D eigenvalue weighted by atomic mass is 9.76. The van der Waals surface area contributed by atoms with E-state index in [1.807, 2.05) is 17.8 Å². The van der Waals surface area contributed by atoms with Crippen LogP contribution in [0.25, 0.3) is 0 Å². The van der Waals surface area contributed by atoms with Crippen LogP contribution in [-0.4, -0.2) is 27.8 Å². The second kappa shape index (κ2) is 6.53. The lowest BCUT2D eigenvalue weighted by Crippen LogP contribution is -2.44. The molecule has 1 saturated carbocycles. The molecule has 1 heterocycles. The van der Waals surface area contributed by atoms with Gasteiger partial charge >= 0.3 is 0 Å². The fraction of sp³-hybridized carbons (Fsp3) is 0.750. The van der Waals surface area contributed by atoms with Crippen LogP contribution in [0.5, 0.6) is 0 Å². The van der Waals surface area contributed by atoms with E-state index in [1.54, 1.807) is 6.20 Å². The fourth-order valence-electron chi connectivity index (χ4n) is 3.04. The molecule has 0 aliphatic heterocycles.